The Hall–Kier alpha value is -1.00. The number of hydrogen-bond donors (Lipinski definition) is 2. The van der Waals surface area contributed by atoms with Crippen LogP contribution in [0.15, 0.2) is 29.2 Å². The summed E-state index contributed by atoms with van der Waals surface area (Å²) in [5.41, 5.74) is 1.26. The first kappa shape index (κ1) is 12.5. The zero-order valence-corrected chi connectivity index (χ0v) is 10.7. The summed E-state index contributed by atoms with van der Waals surface area (Å²) in [6.07, 6.45) is 1.41. The molecule has 92 valence electrons. The standard InChI is InChI=1S/C13H17NO2S/c1-9(6-7-15)14-13(16)12-8-10-4-2-3-5-11(10)17-12/h2-5,9,12,15H,6-8H2,1H3,(H,14,16). The van der Waals surface area contributed by atoms with Gasteiger partial charge in [-0.3, -0.25) is 4.79 Å². The molecule has 1 amide bonds. The SMILES string of the molecule is CC(CCO)NC(=O)C1Cc2ccccc2S1. The summed E-state index contributed by atoms with van der Waals surface area (Å²) in [7, 11) is 0. The zero-order valence-electron chi connectivity index (χ0n) is 9.85. The monoisotopic (exact) mass is 251 g/mol. The van der Waals surface area contributed by atoms with Gasteiger partial charge < -0.3 is 10.4 Å². The minimum atomic E-state index is -0.0199. The number of aliphatic hydroxyl groups excluding tert-OH is 1. The van der Waals surface area contributed by atoms with Crippen molar-refractivity contribution in [2.45, 2.75) is 36.0 Å². The molecule has 2 unspecified atom stereocenters. The molecule has 4 heteroatoms. The van der Waals surface area contributed by atoms with Gasteiger partial charge in [-0.1, -0.05) is 18.2 Å². The molecule has 0 bridgehead atoms. The van der Waals surface area contributed by atoms with E-state index >= 15 is 0 Å². The Morgan fingerprint density at radius 1 is 1.59 bits per heavy atom. The Kier molecular flexibility index (Phi) is 4.07. The highest BCUT2D eigenvalue weighted by molar-refractivity contribution is 8.01. The number of carbonyl (C=O) groups excluding carboxylic acids is 1. The second kappa shape index (κ2) is 5.56. The van der Waals surface area contributed by atoms with Gasteiger partial charge in [-0.25, -0.2) is 0 Å². The molecule has 0 aliphatic carbocycles. The van der Waals surface area contributed by atoms with Crippen LogP contribution in [-0.2, 0) is 11.2 Å². The quantitative estimate of drug-likeness (QED) is 0.854. The summed E-state index contributed by atoms with van der Waals surface area (Å²) in [6.45, 7) is 2.03. The molecule has 0 saturated heterocycles. The van der Waals surface area contributed by atoms with E-state index < -0.39 is 0 Å². The Bertz CT molecular complexity index is 383. The van der Waals surface area contributed by atoms with Gasteiger partial charge >= 0.3 is 0 Å². The van der Waals surface area contributed by atoms with Gasteiger partial charge in [0.05, 0.1) is 5.25 Å². The van der Waals surface area contributed by atoms with Crippen LogP contribution < -0.4 is 5.32 Å². The van der Waals surface area contributed by atoms with E-state index in [1.54, 1.807) is 11.8 Å². The van der Waals surface area contributed by atoms with Crippen molar-refractivity contribution in [2.24, 2.45) is 0 Å². The van der Waals surface area contributed by atoms with Crippen molar-refractivity contribution >= 4 is 17.7 Å². The topological polar surface area (TPSA) is 49.3 Å². The van der Waals surface area contributed by atoms with Crippen molar-refractivity contribution in [3.8, 4) is 0 Å². The third-order valence-electron chi connectivity index (χ3n) is 2.89. The molecule has 0 saturated carbocycles. The number of aliphatic hydroxyl groups is 1. The predicted octanol–water partition coefficient (Wildman–Crippen LogP) is 1.59. The van der Waals surface area contributed by atoms with E-state index in [0.717, 1.165) is 6.42 Å². The maximum atomic E-state index is 12.0. The summed E-state index contributed by atoms with van der Waals surface area (Å²) >= 11 is 1.63. The van der Waals surface area contributed by atoms with Crippen molar-refractivity contribution in [3.05, 3.63) is 29.8 Å². The van der Waals surface area contributed by atoms with Gasteiger partial charge in [-0.2, -0.15) is 0 Å². The molecule has 2 N–H and O–H groups in total. The average molecular weight is 251 g/mol. The van der Waals surface area contributed by atoms with Gasteiger partial charge in [-0.15, -0.1) is 11.8 Å². The molecule has 1 heterocycles. The van der Waals surface area contributed by atoms with E-state index in [2.05, 4.69) is 17.4 Å². The second-order valence-corrected chi connectivity index (χ2v) is 5.58. The maximum absolute atomic E-state index is 12.0. The molecule has 2 rings (SSSR count). The molecule has 17 heavy (non-hydrogen) atoms. The van der Waals surface area contributed by atoms with Crippen LogP contribution in [0.5, 0.6) is 0 Å². The highest BCUT2D eigenvalue weighted by Crippen LogP contribution is 2.36. The summed E-state index contributed by atoms with van der Waals surface area (Å²) < 4.78 is 0. The van der Waals surface area contributed by atoms with E-state index in [1.807, 2.05) is 19.1 Å². The molecule has 1 aliphatic rings. The lowest BCUT2D eigenvalue weighted by atomic mass is 10.1. The normalized spacial score (nSPS) is 19.8. The van der Waals surface area contributed by atoms with Crippen LogP contribution in [0.1, 0.15) is 18.9 Å². The molecule has 0 spiro atoms. The molecule has 0 fully saturated rings. The van der Waals surface area contributed by atoms with Crippen LogP contribution >= 0.6 is 11.8 Å². The largest absolute Gasteiger partial charge is 0.396 e. The smallest absolute Gasteiger partial charge is 0.234 e. The third kappa shape index (κ3) is 3.01. The molecule has 2 atom stereocenters. The lowest BCUT2D eigenvalue weighted by molar-refractivity contribution is -0.121. The van der Waals surface area contributed by atoms with Crippen molar-refractivity contribution in [3.63, 3.8) is 0 Å². The van der Waals surface area contributed by atoms with Crippen LogP contribution in [0.2, 0.25) is 0 Å². The van der Waals surface area contributed by atoms with Gasteiger partial charge in [0.2, 0.25) is 5.91 Å². The van der Waals surface area contributed by atoms with Crippen molar-refractivity contribution in [1.82, 2.24) is 5.32 Å². The lowest BCUT2D eigenvalue weighted by Crippen LogP contribution is -2.39. The van der Waals surface area contributed by atoms with Crippen molar-refractivity contribution < 1.29 is 9.90 Å². The van der Waals surface area contributed by atoms with E-state index in [1.165, 1.54) is 10.5 Å². The summed E-state index contributed by atoms with van der Waals surface area (Å²) in [4.78, 5) is 13.2. The first-order chi connectivity index (χ1) is 8.20. The minimum Gasteiger partial charge on any atom is -0.396 e. The molecular weight excluding hydrogens is 234 g/mol. The number of rotatable bonds is 4. The molecule has 0 radical (unpaired) electrons. The number of benzene rings is 1. The zero-order chi connectivity index (χ0) is 12.3. The molecule has 1 aromatic carbocycles. The number of fused-ring (bicyclic) bond motifs is 1. The molecule has 0 aromatic heterocycles. The van der Waals surface area contributed by atoms with Crippen LogP contribution in [-0.4, -0.2) is 28.9 Å². The number of amides is 1. The average Bonchev–Trinajstić information content (AvgIpc) is 2.72. The van der Waals surface area contributed by atoms with Gasteiger partial charge in [0.25, 0.3) is 0 Å². The predicted molar refractivity (Wildman–Crippen MR) is 69.1 cm³/mol. The highest BCUT2D eigenvalue weighted by atomic mass is 32.2. The van der Waals surface area contributed by atoms with Gasteiger partial charge in [-0.05, 0) is 31.4 Å². The van der Waals surface area contributed by atoms with Gasteiger partial charge in [0.15, 0.2) is 0 Å². The molecule has 3 nitrogen and oxygen atoms in total. The van der Waals surface area contributed by atoms with Crippen LogP contribution in [0.4, 0.5) is 0 Å². The van der Waals surface area contributed by atoms with Gasteiger partial charge in [0.1, 0.15) is 0 Å². The fraction of sp³-hybridized carbons (Fsp3) is 0.462. The van der Waals surface area contributed by atoms with E-state index in [9.17, 15) is 4.79 Å². The number of thioether (sulfide) groups is 1. The number of hydrogen-bond acceptors (Lipinski definition) is 3. The fourth-order valence-electron chi connectivity index (χ4n) is 1.93. The van der Waals surface area contributed by atoms with Crippen molar-refractivity contribution in [2.75, 3.05) is 6.61 Å². The van der Waals surface area contributed by atoms with E-state index in [-0.39, 0.29) is 23.8 Å². The summed E-state index contributed by atoms with van der Waals surface area (Å²) in [5.74, 6) is 0.0761. The second-order valence-electron chi connectivity index (χ2n) is 4.34. The number of nitrogens with one attached hydrogen (secondary N) is 1. The molecule has 1 aliphatic heterocycles. The lowest BCUT2D eigenvalue weighted by Gasteiger charge is -2.15. The molecule has 1 aromatic rings. The Balaban J connectivity index is 1.92. The first-order valence-corrected chi connectivity index (χ1v) is 6.74. The van der Waals surface area contributed by atoms with Gasteiger partial charge in [0, 0.05) is 17.5 Å². The summed E-state index contributed by atoms with van der Waals surface area (Å²) in [6, 6.07) is 8.18. The maximum Gasteiger partial charge on any atom is 0.234 e. The molecular formula is C13H17NO2S. The van der Waals surface area contributed by atoms with Crippen LogP contribution in [0.3, 0.4) is 0 Å². The third-order valence-corrected chi connectivity index (χ3v) is 4.21. The van der Waals surface area contributed by atoms with E-state index in [0.29, 0.717) is 6.42 Å². The Morgan fingerprint density at radius 2 is 2.35 bits per heavy atom. The highest BCUT2D eigenvalue weighted by Gasteiger charge is 2.28. The minimum absolute atomic E-state index is 0.0199. The number of carbonyl (C=O) groups is 1. The first-order valence-electron chi connectivity index (χ1n) is 5.86. The van der Waals surface area contributed by atoms with Crippen LogP contribution in [0, 0.1) is 0 Å². The Morgan fingerprint density at radius 3 is 3.06 bits per heavy atom. The van der Waals surface area contributed by atoms with Crippen molar-refractivity contribution in [1.29, 1.82) is 0 Å². The van der Waals surface area contributed by atoms with Crippen LogP contribution in [0.25, 0.3) is 0 Å². The Labute approximate surface area is 106 Å². The summed E-state index contributed by atoms with van der Waals surface area (Å²) in [5, 5.41) is 11.7. The van der Waals surface area contributed by atoms with E-state index in [4.69, 9.17) is 5.11 Å². The fourth-order valence-corrected chi connectivity index (χ4v) is 3.13.